The summed E-state index contributed by atoms with van der Waals surface area (Å²) in [5.74, 6) is -0.720. The molecule has 1 amide bonds. The number of carbonyl (C=O) groups is 2. The molecule has 33 heavy (non-hydrogen) atoms. The van der Waals surface area contributed by atoms with E-state index in [9.17, 15) is 18.0 Å². The molecule has 0 bridgehead atoms. The van der Waals surface area contributed by atoms with Crippen LogP contribution in [-0.4, -0.2) is 40.6 Å². The van der Waals surface area contributed by atoms with Crippen molar-refractivity contribution in [3.63, 3.8) is 0 Å². The summed E-state index contributed by atoms with van der Waals surface area (Å²) in [6, 6.07) is 20.6. The fraction of sp³-hybridized carbons (Fsp3) is 0.167. The van der Waals surface area contributed by atoms with Crippen LogP contribution in [0.1, 0.15) is 17.3 Å². The number of anilines is 2. The number of methoxy groups -OCH3 is 1. The monoisotopic (exact) mass is 468 g/mol. The van der Waals surface area contributed by atoms with E-state index in [-0.39, 0.29) is 10.6 Å². The molecule has 172 valence electrons. The minimum atomic E-state index is -4.07. The molecule has 0 aliphatic carbocycles. The van der Waals surface area contributed by atoms with E-state index in [1.165, 1.54) is 43.5 Å². The Hall–Kier alpha value is -3.85. The Kier molecular flexibility index (Phi) is 7.68. The van der Waals surface area contributed by atoms with E-state index in [1.54, 1.807) is 49.4 Å². The standard InChI is InChI=1S/C24H24N2O6S/c1-3-32-22-12-8-7-11-21(22)26(33(29,30)20-9-5-4-6-10-20)17-23(27)25-19-15-13-18(14-16-19)24(28)31-2/h4-16H,3,17H2,1-2H3,(H,25,27). The quantitative estimate of drug-likeness (QED) is 0.481. The van der Waals surface area contributed by atoms with Crippen LogP contribution in [0.5, 0.6) is 5.75 Å². The SMILES string of the molecule is CCOc1ccccc1N(CC(=O)Nc1ccc(C(=O)OC)cc1)S(=O)(=O)c1ccccc1. The van der Waals surface area contributed by atoms with Gasteiger partial charge in [0, 0.05) is 5.69 Å². The summed E-state index contributed by atoms with van der Waals surface area (Å²) < 4.78 is 38.2. The second-order valence-corrected chi connectivity index (χ2v) is 8.70. The highest BCUT2D eigenvalue weighted by Crippen LogP contribution is 2.32. The van der Waals surface area contributed by atoms with Gasteiger partial charge < -0.3 is 14.8 Å². The van der Waals surface area contributed by atoms with Crippen molar-refractivity contribution in [3.8, 4) is 5.75 Å². The lowest BCUT2D eigenvalue weighted by Crippen LogP contribution is -2.38. The minimum Gasteiger partial charge on any atom is -0.492 e. The number of para-hydroxylation sites is 2. The maximum Gasteiger partial charge on any atom is 0.337 e. The number of rotatable bonds is 9. The topological polar surface area (TPSA) is 102 Å². The number of hydrogen-bond acceptors (Lipinski definition) is 6. The van der Waals surface area contributed by atoms with Gasteiger partial charge in [0.2, 0.25) is 5.91 Å². The van der Waals surface area contributed by atoms with Crippen molar-refractivity contribution in [1.29, 1.82) is 0 Å². The summed E-state index contributed by atoms with van der Waals surface area (Å²) in [5.41, 5.74) is 0.983. The molecule has 8 nitrogen and oxygen atoms in total. The Bertz CT molecular complexity index is 1210. The zero-order chi connectivity index (χ0) is 23.8. The molecule has 0 spiro atoms. The van der Waals surface area contributed by atoms with Gasteiger partial charge in [-0.05, 0) is 55.5 Å². The van der Waals surface area contributed by atoms with Crippen LogP contribution in [0.25, 0.3) is 0 Å². The number of carbonyl (C=O) groups excluding carboxylic acids is 2. The molecule has 3 aromatic rings. The molecule has 3 aromatic carbocycles. The zero-order valence-corrected chi connectivity index (χ0v) is 19.0. The third-order valence-electron chi connectivity index (χ3n) is 4.64. The number of ether oxygens (including phenoxy) is 2. The van der Waals surface area contributed by atoms with Gasteiger partial charge >= 0.3 is 5.97 Å². The zero-order valence-electron chi connectivity index (χ0n) is 18.2. The van der Waals surface area contributed by atoms with Gasteiger partial charge in [0.25, 0.3) is 10.0 Å². The Labute approximate surface area is 192 Å². The predicted molar refractivity (Wildman–Crippen MR) is 125 cm³/mol. The van der Waals surface area contributed by atoms with Crippen LogP contribution in [0.15, 0.2) is 83.8 Å². The molecule has 0 aliphatic heterocycles. The largest absolute Gasteiger partial charge is 0.492 e. The molecule has 0 saturated heterocycles. The Morgan fingerprint density at radius 3 is 2.18 bits per heavy atom. The van der Waals surface area contributed by atoms with Gasteiger partial charge in [-0.3, -0.25) is 9.10 Å². The molecule has 3 rings (SSSR count). The van der Waals surface area contributed by atoms with E-state index in [2.05, 4.69) is 10.1 Å². The van der Waals surface area contributed by atoms with Gasteiger partial charge in [-0.25, -0.2) is 13.2 Å². The van der Waals surface area contributed by atoms with Gasteiger partial charge in [-0.1, -0.05) is 30.3 Å². The fourth-order valence-electron chi connectivity index (χ4n) is 3.10. The summed E-state index contributed by atoms with van der Waals surface area (Å²) in [7, 11) is -2.79. The van der Waals surface area contributed by atoms with Crippen molar-refractivity contribution >= 4 is 33.3 Å². The molecule has 1 N–H and O–H groups in total. The van der Waals surface area contributed by atoms with Gasteiger partial charge in [-0.15, -0.1) is 0 Å². The predicted octanol–water partition coefficient (Wildman–Crippen LogP) is 3.71. The third-order valence-corrected chi connectivity index (χ3v) is 6.42. The number of nitrogens with one attached hydrogen (secondary N) is 1. The number of amides is 1. The molecular formula is C24H24N2O6S. The summed E-state index contributed by atoms with van der Waals surface area (Å²) in [6.45, 7) is 1.63. The highest BCUT2D eigenvalue weighted by molar-refractivity contribution is 7.92. The first kappa shape index (κ1) is 23.8. The normalized spacial score (nSPS) is 10.8. The van der Waals surface area contributed by atoms with E-state index < -0.39 is 28.4 Å². The highest BCUT2D eigenvalue weighted by atomic mass is 32.2. The number of nitrogens with zero attached hydrogens (tertiary/aromatic N) is 1. The third kappa shape index (κ3) is 5.69. The average molecular weight is 469 g/mol. The Balaban J connectivity index is 1.92. The first-order valence-corrected chi connectivity index (χ1v) is 11.6. The Morgan fingerprint density at radius 1 is 0.909 bits per heavy atom. The number of hydrogen-bond donors (Lipinski definition) is 1. The first-order chi connectivity index (χ1) is 15.9. The van der Waals surface area contributed by atoms with Gasteiger partial charge in [-0.2, -0.15) is 0 Å². The van der Waals surface area contributed by atoms with Crippen molar-refractivity contribution in [1.82, 2.24) is 0 Å². The van der Waals surface area contributed by atoms with Crippen LogP contribution in [-0.2, 0) is 19.6 Å². The van der Waals surface area contributed by atoms with Crippen LogP contribution >= 0.6 is 0 Å². The van der Waals surface area contributed by atoms with E-state index in [0.29, 0.717) is 23.6 Å². The van der Waals surface area contributed by atoms with Crippen molar-refractivity contribution in [2.45, 2.75) is 11.8 Å². The van der Waals surface area contributed by atoms with Crippen molar-refractivity contribution in [3.05, 3.63) is 84.4 Å². The van der Waals surface area contributed by atoms with Crippen LogP contribution in [0.2, 0.25) is 0 Å². The molecule has 0 saturated carbocycles. The summed E-state index contributed by atoms with van der Waals surface area (Å²) in [4.78, 5) is 24.5. The van der Waals surface area contributed by atoms with Crippen molar-refractivity contribution in [2.24, 2.45) is 0 Å². The molecule has 0 heterocycles. The molecule has 0 radical (unpaired) electrons. The fourth-order valence-corrected chi connectivity index (χ4v) is 4.55. The van der Waals surface area contributed by atoms with Crippen molar-refractivity contribution in [2.75, 3.05) is 29.9 Å². The average Bonchev–Trinajstić information content (AvgIpc) is 2.83. The van der Waals surface area contributed by atoms with Crippen LogP contribution in [0.3, 0.4) is 0 Å². The van der Waals surface area contributed by atoms with E-state index in [0.717, 1.165) is 4.31 Å². The molecular weight excluding hydrogens is 444 g/mol. The second-order valence-electron chi connectivity index (χ2n) is 6.84. The molecule has 0 aliphatic rings. The van der Waals surface area contributed by atoms with Gasteiger partial charge in [0.15, 0.2) is 0 Å². The smallest absolute Gasteiger partial charge is 0.337 e. The second kappa shape index (κ2) is 10.6. The summed E-state index contributed by atoms with van der Waals surface area (Å²) >= 11 is 0. The van der Waals surface area contributed by atoms with Crippen LogP contribution in [0.4, 0.5) is 11.4 Å². The molecule has 0 atom stereocenters. The van der Waals surface area contributed by atoms with Crippen LogP contribution in [0, 0.1) is 0 Å². The van der Waals surface area contributed by atoms with E-state index in [4.69, 9.17) is 4.74 Å². The van der Waals surface area contributed by atoms with Gasteiger partial charge in [0.1, 0.15) is 12.3 Å². The highest BCUT2D eigenvalue weighted by Gasteiger charge is 2.29. The van der Waals surface area contributed by atoms with Crippen molar-refractivity contribution < 1.29 is 27.5 Å². The minimum absolute atomic E-state index is 0.0477. The molecule has 0 unspecified atom stereocenters. The number of esters is 1. The Morgan fingerprint density at radius 2 is 1.55 bits per heavy atom. The lowest BCUT2D eigenvalue weighted by molar-refractivity contribution is -0.114. The van der Waals surface area contributed by atoms with E-state index >= 15 is 0 Å². The maximum atomic E-state index is 13.5. The van der Waals surface area contributed by atoms with E-state index in [1.807, 2.05) is 0 Å². The van der Waals surface area contributed by atoms with Crippen LogP contribution < -0.4 is 14.4 Å². The summed E-state index contributed by atoms with van der Waals surface area (Å²) in [6.07, 6.45) is 0. The number of benzene rings is 3. The van der Waals surface area contributed by atoms with Gasteiger partial charge in [0.05, 0.1) is 29.9 Å². The summed E-state index contributed by atoms with van der Waals surface area (Å²) in [5, 5.41) is 2.66. The maximum absolute atomic E-state index is 13.5. The lowest BCUT2D eigenvalue weighted by Gasteiger charge is -2.26. The first-order valence-electron chi connectivity index (χ1n) is 10.1. The molecule has 0 fully saturated rings. The number of sulfonamides is 1. The molecule has 9 heteroatoms. The lowest BCUT2D eigenvalue weighted by atomic mass is 10.2. The molecule has 0 aromatic heterocycles.